The molecule has 6 heteroatoms. The van der Waals surface area contributed by atoms with Gasteiger partial charge < -0.3 is 10.1 Å². The number of aromatic amines is 1. The van der Waals surface area contributed by atoms with Crippen molar-refractivity contribution in [1.29, 1.82) is 0 Å². The first-order valence-electron chi connectivity index (χ1n) is 6.38. The number of hydrogen-bond donors (Lipinski definition) is 2. The highest BCUT2D eigenvalue weighted by molar-refractivity contribution is 7.09. The molecule has 0 unspecified atom stereocenters. The zero-order chi connectivity index (χ0) is 15.0. The molecule has 3 aromatic rings. The van der Waals surface area contributed by atoms with Crippen LogP contribution in [0.2, 0.25) is 0 Å². The van der Waals surface area contributed by atoms with Crippen LogP contribution in [0.4, 0.5) is 0 Å². The molecule has 2 heterocycles. The lowest BCUT2D eigenvalue weighted by Crippen LogP contribution is -2.12. The molecule has 0 aliphatic rings. The van der Waals surface area contributed by atoms with Crippen LogP contribution in [0.3, 0.4) is 0 Å². The Morgan fingerprint density at radius 2 is 1.95 bits per heavy atom. The van der Waals surface area contributed by atoms with E-state index in [1.54, 1.807) is 11.4 Å². The molecule has 0 saturated carbocycles. The van der Waals surface area contributed by atoms with Gasteiger partial charge in [0.15, 0.2) is 5.82 Å². The van der Waals surface area contributed by atoms with Gasteiger partial charge in [-0.15, -0.1) is 11.3 Å². The van der Waals surface area contributed by atoms with Gasteiger partial charge in [-0.1, -0.05) is 24.3 Å². The Hall–Kier alpha value is -2.47. The zero-order valence-electron chi connectivity index (χ0n) is 11.5. The average Bonchev–Trinajstić information content (AvgIpc) is 2.87. The molecule has 2 aromatic heterocycles. The first-order valence-corrected chi connectivity index (χ1v) is 7.26. The van der Waals surface area contributed by atoms with Crippen LogP contribution >= 0.6 is 11.3 Å². The summed E-state index contributed by atoms with van der Waals surface area (Å²) in [5.74, 6) is -0.00659. The highest BCUT2D eigenvalue weighted by atomic mass is 32.1. The van der Waals surface area contributed by atoms with E-state index in [9.17, 15) is 9.90 Å². The average molecular weight is 299 g/mol. The molecule has 1 aromatic carbocycles. The Bertz CT molecular complexity index is 867. The Labute approximate surface area is 125 Å². The molecule has 21 heavy (non-hydrogen) atoms. The summed E-state index contributed by atoms with van der Waals surface area (Å²) in [4.78, 5) is 23.3. The number of benzene rings is 1. The predicted molar refractivity (Wildman–Crippen MR) is 82.5 cm³/mol. The third-order valence-corrected chi connectivity index (χ3v) is 3.95. The van der Waals surface area contributed by atoms with Crippen LogP contribution in [-0.4, -0.2) is 20.1 Å². The predicted octanol–water partition coefficient (Wildman–Crippen LogP) is 2.88. The fourth-order valence-corrected chi connectivity index (χ4v) is 2.75. The van der Waals surface area contributed by atoms with Gasteiger partial charge >= 0.3 is 0 Å². The first kappa shape index (κ1) is 13.5. The fourth-order valence-electron chi connectivity index (χ4n) is 2.15. The summed E-state index contributed by atoms with van der Waals surface area (Å²) in [6, 6.07) is 7.36. The van der Waals surface area contributed by atoms with Gasteiger partial charge in [0.05, 0.1) is 5.01 Å². The van der Waals surface area contributed by atoms with Gasteiger partial charge in [-0.3, -0.25) is 4.79 Å². The molecule has 5 nitrogen and oxygen atoms in total. The fraction of sp³-hybridized carbons (Fsp3) is 0.133. The van der Waals surface area contributed by atoms with E-state index in [4.69, 9.17) is 0 Å². The van der Waals surface area contributed by atoms with Crippen LogP contribution in [0.1, 0.15) is 10.6 Å². The maximum atomic E-state index is 12.3. The van der Waals surface area contributed by atoms with E-state index in [1.807, 2.05) is 32.0 Å². The zero-order valence-corrected chi connectivity index (χ0v) is 12.4. The largest absolute Gasteiger partial charge is 0.493 e. The number of H-pyrrole nitrogens is 1. The normalized spacial score (nSPS) is 10.8. The summed E-state index contributed by atoms with van der Waals surface area (Å²) in [5, 5.41) is 12.8. The Kier molecular flexibility index (Phi) is 3.31. The maximum Gasteiger partial charge on any atom is 0.262 e. The summed E-state index contributed by atoms with van der Waals surface area (Å²) < 4.78 is 0. The summed E-state index contributed by atoms with van der Waals surface area (Å²) in [7, 11) is 0. The minimum Gasteiger partial charge on any atom is -0.493 e. The number of nitrogens with one attached hydrogen (secondary N) is 1. The molecule has 0 saturated heterocycles. The van der Waals surface area contributed by atoms with Crippen LogP contribution in [-0.2, 0) is 0 Å². The van der Waals surface area contributed by atoms with Gasteiger partial charge in [0.1, 0.15) is 11.3 Å². The van der Waals surface area contributed by atoms with Crippen molar-refractivity contribution in [1.82, 2.24) is 15.0 Å². The molecule has 0 bridgehead atoms. The Balaban J connectivity index is 2.18. The number of aromatic nitrogens is 3. The molecule has 3 rings (SSSR count). The number of rotatable bonds is 2. The minimum absolute atomic E-state index is 0.184. The lowest BCUT2D eigenvalue weighted by molar-refractivity contribution is 0.454. The van der Waals surface area contributed by atoms with Gasteiger partial charge in [-0.05, 0) is 25.0 Å². The number of aryl methyl sites for hydroxylation is 2. The lowest BCUT2D eigenvalue weighted by atomic mass is 10.0. The second-order valence-corrected chi connectivity index (χ2v) is 5.74. The highest BCUT2D eigenvalue weighted by Gasteiger charge is 2.16. The van der Waals surface area contributed by atoms with E-state index in [0.717, 1.165) is 10.6 Å². The highest BCUT2D eigenvalue weighted by Crippen LogP contribution is 2.28. The Morgan fingerprint density at radius 3 is 2.57 bits per heavy atom. The number of nitrogens with zero attached hydrogens (tertiary/aromatic N) is 2. The van der Waals surface area contributed by atoms with Crippen molar-refractivity contribution >= 4 is 11.3 Å². The molecule has 0 spiro atoms. The van der Waals surface area contributed by atoms with Crippen molar-refractivity contribution in [3.63, 3.8) is 0 Å². The van der Waals surface area contributed by atoms with Crippen molar-refractivity contribution in [2.45, 2.75) is 13.8 Å². The van der Waals surface area contributed by atoms with Gasteiger partial charge in [0.2, 0.25) is 5.88 Å². The van der Waals surface area contributed by atoms with Crippen molar-refractivity contribution < 1.29 is 5.11 Å². The van der Waals surface area contributed by atoms with Gasteiger partial charge in [0, 0.05) is 5.38 Å². The molecule has 0 aliphatic heterocycles. The second-order valence-electron chi connectivity index (χ2n) is 4.68. The summed E-state index contributed by atoms with van der Waals surface area (Å²) in [6.07, 6.45) is 0. The molecule has 0 aliphatic carbocycles. The molecular formula is C15H13N3O2S. The topological polar surface area (TPSA) is 78.9 Å². The van der Waals surface area contributed by atoms with Crippen molar-refractivity contribution in [3.05, 3.63) is 50.6 Å². The van der Waals surface area contributed by atoms with Gasteiger partial charge in [-0.25, -0.2) is 4.98 Å². The standard InChI is InChI=1S/C15H13N3O2S/c1-8-5-3-4-6-10(8)12-14(19)17-13(18-15(12)20)11-7-21-9(2)16-11/h3-7H,1-2H3,(H2,17,18,19,20). The van der Waals surface area contributed by atoms with Crippen molar-refractivity contribution in [2.24, 2.45) is 0 Å². The van der Waals surface area contributed by atoms with E-state index in [2.05, 4.69) is 15.0 Å². The van der Waals surface area contributed by atoms with Crippen molar-refractivity contribution in [2.75, 3.05) is 0 Å². The first-order chi connectivity index (χ1) is 10.1. The molecule has 0 amide bonds. The Morgan fingerprint density at radius 1 is 1.19 bits per heavy atom. The van der Waals surface area contributed by atoms with E-state index in [-0.39, 0.29) is 22.8 Å². The molecule has 2 N–H and O–H groups in total. The summed E-state index contributed by atoms with van der Waals surface area (Å²) >= 11 is 1.46. The smallest absolute Gasteiger partial charge is 0.262 e. The van der Waals surface area contributed by atoms with E-state index >= 15 is 0 Å². The number of hydrogen-bond acceptors (Lipinski definition) is 5. The number of thiazole rings is 1. The summed E-state index contributed by atoms with van der Waals surface area (Å²) in [6.45, 7) is 3.75. The van der Waals surface area contributed by atoms with E-state index < -0.39 is 0 Å². The third-order valence-electron chi connectivity index (χ3n) is 3.18. The van der Waals surface area contributed by atoms with E-state index in [1.165, 1.54) is 11.3 Å². The number of aromatic hydroxyl groups is 1. The van der Waals surface area contributed by atoms with Crippen LogP contribution in [0.5, 0.6) is 5.88 Å². The molecule has 0 atom stereocenters. The van der Waals surface area contributed by atoms with Crippen LogP contribution < -0.4 is 5.56 Å². The monoisotopic (exact) mass is 299 g/mol. The van der Waals surface area contributed by atoms with Crippen LogP contribution in [0, 0.1) is 13.8 Å². The molecule has 0 radical (unpaired) electrons. The van der Waals surface area contributed by atoms with Gasteiger partial charge in [0.25, 0.3) is 5.56 Å². The quantitative estimate of drug-likeness (QED) is 0.762. The minimum atomic E-state index is -0.377. The van der Waals surface area contributed by atoms with Crippen molar-refractivity contribution in [3.8, 4) is 28.5 Å². The lowest BCUT2D eigenvalue weighted by Gasteiger charge is -2.07. The SMILES string of the molecule is Cc1nc(-c2nc(O)c(-c3ccccc3C)c(=O)[nH]2)cs1. The summed E-state index contributed by atoms with van der Waals surface area (Å²) in [5.41, 5.74) is 1.93. The second kappa shape index (κ2) is 5.14. The van der Waals surface area contributed by atoms with Crippen LogP contribution in [0.25, 0.3) is 22.6 Å². The van der Waals surface area contributed by atoms with E-state index in [0.29, 0.717) is 11.3 Å². The third kappa shape index (κ3) is 2.45. The molecular weight excluding hydrogens is 286 g/mol. The molecule has 106 valence electrons. The van der Waals surface area contributed by atoms with Gasteiger partial charge in [-0.2, -0.15) is 4.98 Å². The molecule has 0 fully saturated rings. The maximum absolute atomic E-state index is 12.3. The van der Waals surface area contributed by atoms with Crippen LogP contribution in [0.15, 0.2) is 34.4 Å².